The molecule has 0 bridgehead atoms. The van der Waals surface area contributed by atoms with Gasteiger partial charge in [0.25, 0.3) is 0 Å². The lowest BCUT2D eigenvalue weighted by molar-refractivity contribution is -0.122. The van der Waals surface area contributed by atoms with E-state index < -0.39 is 0 Å². The summed E-state index contributed by atoms with van der Waals surface area (Å²) in [5.74, 6) is 0.722. The number of rotatable bonds is 4. The Morgan fingerprint density at radius 2 is 2.27 bits per heavy atom. The molecular formula is C18H23N3O. The zero-order valence-corrected chi connectivity index (χ0v) is 13.1. The molecule has 116 valence electrons. The van der Waals surface area contributed by atoms with Crippen molar-refractivity contribution in [3.8, 4) is 0 Å². The minimum Gasteiger partial charge on any atom is -0.358 e. The normalized spacial score (nSPS) is 19.2. The van der Waals surface area contributed by atoms with E-state index in [1.807, 2.05) is 12.3 Å². The highest BCUT2D eigenvalue weighted by Crippen LogP contribution is 2.24. The van der Waals surface area contributed by atoms with Crippen LogP contribution in [0.2, 0.25) is 0 Å². The second-order valence-electron chi connectivity index (χ2n) is 6.11. The van der Waals surface area contributed by atoms with Crippen molar-refractivity contribution in [2.75, 3.05) is 26.7 Å². The Bertz CT molecular complexity index is 650. The molecule has 1 amide bonds. The summed E-state index contributed by atoms with van der Waals surface area (Å²) in [4.78, 5) is 18.3. The van der Waals surface area contributed by atoms with Crippen LogP contribution in [0.5, 0.6) is 0 Å². The van der Waals surface area contributed by atoms with Crippen LogP contribution in [0, 0.1) is 5.92 Å². The number of hydrogen-bond acceptors (Lipinski definition) is 3. The maximum Gasteiger partial charge on any atom is 0.233 e. The second kappa shape index (κ2) is 6.88. The summed E-state index contributed by atoms with van der Waals surface area (Å²) in [5, 5.41) is 3.97. The first kappa shape index (κ1) is 15.0. The molecule has 4 heteroatoms. The van der Waals surface area contributed by atoms with Gasteiger partial charge in [0.1, 0.15) is 0 Å². The second-order valence-corrected chi connectivity index (χ2v) is 6.11. The molecule has 1 aliphatic heterocycles. The SMILES string of the molecule is CNC(=O)CN1CCC[C@H](Cc2cccc3ncccc23)C1. The van der Waals surface area contributed by atoms with E-state index in [1.165, 1.54) is 23.8 Å². The number of likely N-dealkylation sites (tertiary alicyclic amines) is 1. The average Bonchev–Trinajstić information content (AvgIpc) is 2.55. The van der Waals surface area contributed by atoms with Gasteiger partial charge in [-0.2, -0.15) is 0 Å². The number of carbonyl (C=O) groups is 1. The van der Waals surface area contributed by atoms with E-state index in [4.69, 9.17) is 0 Å². The number of piperidine rings is 1. The number of amides is 1. The molecule has 3 rings (SSSR count). The first-order valence-electron chi connectivity index (χ1n) is 8.02. The van der Waals surface area contributed by atoms with Gasteiger partial charge < -0.3 is 5.32 Å². The van der Waals surface area contributed by atoms with Crippen molar-refractivity contribution in [3.05, 3.63) is 42.1 Å². The minimum absolute atomic E-state index is 0.106. The summed E-state index contributed by atoms with van der Waals surface area (Å²) in [6.07, 6.45) is 5.32. The predicted octanol–water partition coefficient (Wildman–Crippen LogP) is 2.24. The van der Waals surface area contributed by atoms with E-state index >= 15 is 0 Å². The van der Waals surface area contributed by atoms with Crippen molar-refractivity contribution in [1.82, 2.24) is 15.2 Å². The van der Waals surface area contributed by atoms with Gasteiger partial charge in [-0.05, 0) is 49.4 Å². The minimum atomic E-state index is 0.106. The van der Waals surface area contributed by atoms with E-state index in [-0.39, 0.29) is 5.91 Å². The third-order valence-corrected chi connectivity index (χ3v) is 4.49. The van der Waals surface area contributed by atoms with Crippen LogP contribution in [0.1, 0.15) is 18.4 Å². The molecule has 0 radical (unpaired) electrons. The van der Waals surface area contributed by atoms with Gasteiger partial charge in [0, 0.05) is 25.2 Å². The Balaban J connectivity index is 1.70. The fraction of sp³-hybridized carbons (Fsp3) is 0.444. The maximum absolute atomic E-state index is 11.6. The van der Waals surface area contributed by atoms with E-state index in [2.05, 4.69) is 39.5 Å². The zero-order chi connectivity index (χ0) is 15.4. The van der Waals surface area contributed by atoms with Crippen LogP contribution in [-0.4, -0.2) is 42.5 Å². The van der Waals surface area contributed by atoms with Crippen LogP contribution >= 0.6 is 0 Å². The van der Waals surface area contributed by atoms with Crippen LogP contribution in [0.3, 0.4) is 0 Å². The van der Waals surface area contributed by atoms with Crippen LogP contribution in [0.25, 0.3) is 10.9 Å². The standard InChI is InChI=1S/C18H23N3O/c1-19-18(22)13-21-10-4-5-14(12-21)11-15-6-2-8-17-16(15)7-3-9-20-17/h2-3,6-9,14H,4-5,10-13H2,1H3,(H,19,22)/t14-/m1/s1. The highest BCUT2D eigenvalue weighted by atomic mass is 16.1. The molecule has 1 N–H and O–H groups in total. The van der Waals surface area contributed by atoms with Gasteiger partial charge in [-0.15, -0.1) is 0 Å². The molecule has 1 aromatic heterocycles. The summed E-state index contributed by atoms with van der Waals surface area (Å²) in [7, 11) is 1.70. The number of hydrogen-bond donors (Lipinski definition) is 1. The molecule has 22 heavy (non-hydrogen) atoms. The van der Waals surface area contributed by atoms with Gasteiger partial charge in [-0.1, -0.05) is 18.2 Å². The van der Waals surface area contributed by atoms with Crippen LogP contribution in [0.4, 0.5) is 0 Å². The monoisotopic (exact) mass is 297 g/mol. The third kappa shape index (κ3) is 3.45. The molecule has 0 spiro atoms. The zero-order valence-electron chi connectivity index (χ0n) is 13.1. The molecule has 1 saturated heterocycles. The fourth-order valence-corrected chi connectivity index (χ4v) is 3.40. The summed E-state index contributed by atoms with van der Waals surface area (Å²) in [5.41, 5.74) is 2.44. The molecule has 0 aliphatic carbocycles. The molecule has 0 unspecified atom stereocenters. The lowest BCUT2D eigenvalue weighted by Crippen LogP contribution is -2.42. The van der Waals surface area contributed by atoms with Gasteiger partial charge in [0.15, 0.2) is 0 Å². The summed E-state index contributed by atoms with van der Waals surface area (Å²) >= 11 is 0. The van der Waals surface area contributed by atoms with E-state index in [0.717, 1.165) is 25.0 Å². The molecule has 1 fully saturated rings. The quantitative estimate of drug-likeness (QED) is 0.941. The number of likely N-dealkylation sites (N-methyl/N-ethyl adjacent to an activating group) is 1. The molecule has 1 aliphatic rings. The number of nitrogens with one attached hydrogen (secondary N) is 1. The van der Waals surface area contributed by atoms with Crippen molar-refractivity contribution in [2.24, 2.45) is 5.92 Å². The number of nitrogens with zero attached hydrogens (tertiary/aromatic N) is 2. The number of fused-ring (bicyclic) bond motifs is 1. The van der Waals surface area contributed by atoms with Gasteiger partial charge in [-0.25, -0.2) is 0 Å². The maximum atomic E-state index is 11.6. The van der Waals surface area contributed by atoms with E-state index in [9.17, 15) is 4.79 Å². The highest BCUT2D eigenvalue weighted by molar-refractivity contribution is 5.82. The van der Waals surface area contributed by atoms with Crippen LogP contribution in [0.15, 0.2) is 36.5 Å². The Labute approximate surface area is 131 Å². The molecule has 2 heterocycles. The Morgan fingerprint density at radius 1 is 1.36 bits per heavy atom. The van der Waals surface area contributed by atoms with Crippen molar-refractivity contribution in [2.45, 2.75) is 19.3 Å². The van der Waals surface area contributed by atoms with Gasteiger partial charge in [0.05, 0.1) is 12.1 Å². The van der Waals surface area contributed by atoms with Crippen LogP contribution in [-0.2, 0) is 11.2 Å². The molecule has 0 saturated carbocycles. The molecular weight excluding hydrogens is 274 g/mol. The largest absolute Gasteiger partial charge is 0.358 e. The van der Waals surface area contributed by atoms with E-state index in [0.29, 0.717) is 12.5 Å². The summed E-state index contributed by atoms with van der Waals surface area (Å²) in [6.45, 7) is 2.55. The molecule has 1 atom stereocenters. The Hall–Kier alpha value is -1.94. The lowest BCUT2D eigenvalue weighted by atomic mass is 9.90. The topological polar surface area (TPSA) is 45.2 Å². The first-order valence-corrected chi connectivity index (χ1v) is 8.02. The van der Waals surface area contributed by atoms with Crippen LogP contribution < -0.4 is 5.32 Å². The summed E-state index contributed by atoms with van der Waals surface area (Å²) < 4.78 is 0. The fourth-order valence-electron chi connectivity index (χ4n) is 3.40. The Kier molecular flexibility index (Phi) is 4.68. The van der Waals surface area contributed by atoms with Crippen molar-refractivity contribution in [1.29, 1.82) is 0 Å². The average molecular weight is 297 g/mol. The first-order chi connectivity index (χ1) is 10.8. The third-order valence-electron chi connectivity index (χ3n) is 4.49. The number of aromatic nitrogens is 1. The lowest BCUT2D eigenvalue weighted by Gasteiger charge is -2.32. The predicted molar refractivity (Wildman–Crippen MR) is 88.7 cm³/mol. The van der Waals surface area contributed by atoms with E-state index in [1.54, 1.807) is 7.05 Å². The Morgan fingerprint density at radius 3 is 3.14 bits per heavy atom. The number of benzene rings is 1. The van der Waals surface area contributed by atoms with Gasteiger partial charge >= 0.3 is 0 Å². The van der Waals surface area contributed by atoms with Gasteiger partial charge in [-0.3, -0.25) is 14.7 Å². The highest BCUT2D eigenvalue weighted by Gasteiger charge is 2.22. The molecule has 1 aromatic carbocycles. The summed E-state index contributed by atoms with van der Waals surface area (Å²) in [6, 6.07) is 10.5. The van der Waals surface area contributed by atoms with Crippen molar-refractivity contribution >= 4 is 16.8 Å². The molecule has 2 aromatic rings. The van der Waals surface area contributed by atoms with Gasteiger partial charge in [0.2, 0.25) is 5.91 Å². The smallest absolute Gasteiger partial charge is 0.233 e. The van der Waals surface area contributed by atoms with Crippen molar-refractivity contribution < 1.29 is 4.79 Å². The number of carbonyl (C=O) groups excluding carboxylic acids is 1. The van der Waals surface area contributed by atoms with Crippen molar-refractivity contribution in [3.63, 3.8) is 0 Å². The molecule has 4 nitrogen and oxygen atoms in total. The number of pyridine rings is 1.